The van der Waals surface area contributed by atoms with Crippen molar-refractivity contribution in [3.63, 3.8) is 0 Å². The van der Waals surface area contributed by atoms with Crippen LogP contribution in [-0.4, -0.2) is 72.7 Å². The monoisotopic (exact) mass is 241 g/mol. The highest BCUT2D eigenvalue weighted by molar-refractivity contribution is 5.82. The maximum absolute atomic E-state index is 12.2. The van der Waals surface area contributed by atoms with Gasteiger partial charge in [-0.3, -0.25) is 9.69 Å². The number of carbonyl (C=O) groups is 1. The van der Waals surface area contributed by atoms with E-state index in [1.54, 1.807) is 0 Å². The molecule has 1 amide bonds. The predicted molar refractivity (Wildman–Crippen MR) is 65.7 cm³/mol. The number of rotatable bonds is 3. The minimum Gasteiger partial charge on any atom is -0.395 e. The van der Waals surface area contributed by atoms with Gasteiger partial charge in [0.05, 0.1) is 12.6 Å². The number of aliphatic hydroxyl groups excluding tert-OH is 1. The lowest BCUT2D eigenvalue weighted by atomic mass is 10.2. The van der Waals surface area contributed by atoms with E-state index in [1.165, 1.54) is 0 Å². The summed E-state index contributed by atoms with van der Waals surface area (Å²) in [6, 6.07) is 0.0550. The van der Waals surface area contributed by atoms with E-state index in [2.05, 4.69) is 10.2 Å². The third kappa shape index (κ3) is 3.40. The highest BCUT2D eigenvalue weighted by Crippen LogP contribution is 2.11. The van der Waals surface area contributed by atoms with E-state index in [1.807, 2.05) is 4.90 Å². The Morgan fingerprint density at radius 1 is 1.24 bits per heavy atom. The minimum absolute atomic E-state index is 0.0550. The van der Waals surface area contributed by atoms with Crippen LogP contribution in [0.15, 0.2) is 0 Å². The standard InChI is InChI=1S/C12H23N3O2/c16-10-9-14-5-2-6-15(8-7-14)12(17)11-3-1-4-13-11/h11,13,16H,1-10H2/t11-/m0/s1. The van der Waals surface area contributed by atoms with E-state index in [-0.39, 0.29) is 18.6 Å². The largest absolute Gasteiger partial charge is 0.395 e. The molecule has 0 saturated carbocycles. The van der Waals surface area contributed by atoms with Gasteiger partial charge in [0.15, 0.2) is 0 Å². The maximum atomic E-state index is 12.2. The lowest BCUT2D eigenvalue weighted by molar-refractivity contribution is -0.132. The molecule has 0 aromatic carbocycles. The molecule has 0 unspecified atom stereocenters. The molecule has 2 N–H and O–H groups in total. The van der Waals surface area contributed by atoms with E-state index < -0.39 is 0 Å². The Balaban J connectivity index is 1.83. The molecule has 0 aromatic rings. The van der Waals surface area contributed by atoms with Crippen molar-refractivity contribution >= 4 is 5.91 Å². The van der Waals surface area contributed by atoms with Gasteiger partial charge in [0, 0.05) is 26.2 Å². The highest BCUT2D eigenvalue weighted by Gasteiger charge is 2.27. The molecule has 17 heavy (non-hydrogen) atoms. The molecular weight excluding hydrogens is 218 g/mol. The van der Waals surface area contributed by atoms with Crippen molar-refractivity contribution in [1.29, 1.82) is 0 Å². The summed E-state index contributed by atoms with van der Waals surface area (Å²) < 4.78 is 0. The fraction of sp³-hybridized carbons (Fsp3) is 0.917. The molecule has 2 heterocycles. The summed E-state index contributed by atoms with van der Waals surface area (Å²) in [6.07, 6.45) is 3.11. The van der Waals surface area contributed by atoms with Gasteiger partial charge in [-0.05, 0) is 32.4 Å². The fourth-order valence-corrected chi connectivity index (χ4v) is 2.67. The molecule has 0 aliphatic carbocycles. The molecule has 2 fully saturated rings. The highest BCUT2D eigenvalue weighted by atomic mass is 16.3. The van der Waals surface area contributed by atoms with Crippen LogP contribution in [0.3, 0.4) is 0 Å². The second-order valence-corrected chi connectivity index (χ2v) is 4.89. The second-order valence-electron chi connectivity index (χ2n) is 4.89. The molecule has 2 aliphatic heterocycles. The maximum Gasteiger partial charge on any atom is 0.239 e. The van der Waals surface area contributed by atoms with Crippen molar-refractivity contribution in [2.24, 2.45) is 0 Å². The summed E-state index contributed by atoms with van der Waals surface area (Å²) in [7, 11) is 0. The van der Waals surface area contributed by atoms with Gasteiger partial charge in [-0.2, -0.15) is 0 Å². The first-order valence-electron chi connectivity index (χ1n) is 6.66. The number of nitrogens with zero attached hydrogens (tertiary/aromatic N) is 2. The van der Waals surface area contributed by atoms with Crippen LogP contribution in [0.1, 0.15) is 19.3 Å². The molecule has 1 atom stereocenters. The summed E-state index contributed by atoms with van der Waals surface area (Å²) in [5.74, 6) is 0.272. The van der Waals surface area contributed by atoms with Crippen LogP contribution >= 0.6 is 0 Å². The number of hydrogen-bond acceptors (Lipinski definition) is 4. The average molecular weight is 241 g/mol. The number of aliphatic hydroxyl groups is 1. The number of carbonyl (C=O) groups excluding carboxylic acids is 1. The second kappa shape index (κ2) is 6.33. The molecular formula is C12H23N3O2. The van der Waals surface area contributed by atoms with Gasteiger partial charge in [-0.1, -0.05) is 0 Å². The van der Waals surface area contributed by atoms with Crippen molar-refractivity contribution in [1.82, 2.24) is 15.1 Å². The molecule has 5 nitrogen and oxygen atoms in total. The topological polar surface area (TPSA) is 55.8 Å². The van der Waals surface area contributed by atoms with Gasteiger partial charge in [-0.25, -0.2) is 0 Å². The van der Waals surface area contributed by atoms with Crippen LogP contribution in [0, 0.1) is 0 Å². The summed E-state index contributed by atoms with van der Waals surface area (Å²) in [6.45, 7) is 5.44. The smallest absolute Gasteiger partial charge is 0.239 e. The molecule has 2 saturated heterocycles. The van der Waals surface area contributed by atoms with Gasteiger partial charge in [0.1, 0.15) is 0 Å². The first-order valence-corrected chi connectivity index (χ1v) is 6.66. The molecule has 2 aliphatic rings. The molecule has 98 valence electrons. The fourth-order valence-electron chi connectivity index (χ4n) is 2.67. The van der Waals surface area contributed by atoms with Crippen LogP contribution in [0.5, 0.6) is 0 Å². The molecule has 0 radical (unpaired) electrons. The van der Waals surface area contributed by atoms with Crippen molar-refractivity contribution in [2.45, 2.75) is 25.3 Å². The quantitative estimate of drug-likeness (QED) is 0.684. The van der Waals surface area contributed by atoms with Crippen LogP contribution < -0.4 is 5.32 Å². The average Bonchev–Trinajstić information content (AvgIpc) is 2.76. The lowest BCUT2D eigenvalue weighted by Gasteiger charge is -2.24. The van der Waals surface area contributed by atoms with Crippen LogP contribution in [0.25, 0.3) is 0 Å². The summed E-state index contributed by atoms with van der Waals surface area (Å²) in [5.41, 5.74) is 0. The predicted octanol–water partition coefficient (Wildman–Crippen LogP) is -0.735. The Morgan fingerprint density at radius 2 is 2.12 bits per heavy atom. The Morgan fingerprint density at radius 3 is 2.82 bits per heavy atom. The first-order chi connectivity index (χ1) is 8.31. The zero-order valence-electron chi connectivity index (χ0n) is 10.4. The van der Waals surface area contributed by atoms with Crippen LogP contribution in [-0.2, 0) is 4.79 Å². The van der Waals surface area contributed by atoms with E-state index in [4.69, 9.17) is 5.11 Å². The first kappa shape index (κ1) is 12.8. The Hall–Kier alpha value is -0.650. The van der Waals surface area contributed by atoms with Gasteiger partial charge >= 0.3 is 0 Å². The van der Waals surface area contributed by atoms with Crippen molar-refractivity contribution in [2.75, 3.05) is 45.9 Å². The molecule has 0 bridgehead atoms. The number of hydrogen-bond donors (Lipinski definition) is 2. The van der Waals surface area contributed by atoms with Crippen LogP contribution in [0.2, 0.25) is 0 Å². The van der Waals surface area contributed by atoms with Crippen LogP contribution in [0.4, 0.5) is 0 Å². The summed E-state index contributed by atoms with van der Waals surface area (Å²) >= 11 is 0. The van der Waals surface area contributed by atoms with Crippen molar-refractivity contribution in [3.8, 4) is 0 Å². The van der Waals surface area contributed by atoms with E-state index in [9.17, 15) is 4.79 Å². The number of β-amino-alcohol motifs (C(OH)–C–C–N with tert-alkyl or cyclic N) is 1. The van der Waals surface area contributed by atoms with Gasteiger partial charge in [0.2, 0.25) is 5.91 Å². The Kier molecular flexibility index (Phi) is 4.76. The SMILES string of the molecule is O=C([C@@H]1CCCN1)N1CCCN(CCO)CC1. The zero-order chi connectivity index (χ0) is 12.1. The third-order valence-electron chi connectivity index (χ3n) is 3.67. The zero-order valence-corrected chi connectivity index (χ0v) is 10.4. The van der Waals surface area contributed by atoms with E-state index in [0.717, 1.165) is 58.5 Å². The summed E-state index contributed by atoms with van der Waals surface area (Å²) in [4.78, 5) is 16.4. The molecule has 0 aromatic heterocycles. The number of amides is 1. The lowest BCUT2D eigenvalue weighted by Crippen LogP contribution is -2.45. The molecule has 0 spiro atoms. The van der Waals surface area contributed by atoms with E-state index in [0.29, 0.717) is 0 Å². The molecule has 2 rings (SSSR count). The number of nitrogens with one attached hydrogen (secondary N) is 1. The van der Waals surface area contributed by atoms with Crippen molar-refractivity contribution in [3.05, 3.63) is 0 Å². The Labute approximate surface area is 103 Å². The Bertz CT molecular complexity index is 254. The van der Waals surface area contributed by atoms with E-state index >= 15 is 0 Å². The third-order valence-corrected chi connectivity index (χ3v) is 3.67. The van der Waals surface area contributed by atoms with Gasteiger partial charge in [0.25, 0.3) is 0 Å². The molecule has 5 heteroatoms. The minimum atomic E-state index is 0.0550. The van der Waals surface area contributed by atoms with Gasteiger partial charge in [-0.15, -0.1) is 0 Å². The summed E-state index contributed by atoms with van der Waals surface area (Å²) in [5, 5.41) is 12.2. The van der Waals surface area contributed by atoms with Gasteiger partial charge < -0.3 is 15.3 Å². The normalized spacial score (nSPS) is 27.1. The van der Waals surface area contributed by atoms with Crippen molar-refractivity contribution < 1.29 is 9.90 Å².